The van der Waals surface area contributed by atoms with Crippen LogP contribution in [0.3, 0.4) is 0 Å². The molecule has 0 atom stereocenters. The van der Waals surface area contributed by atoms with Crippen molar-refractivity contribution >= 4 is 35.2 Å². The van der Waals surface area contributed by atoms with Gasteiger partial charge in [-0.2, -0.15) is 0 Å². The Balaban J connectivity index is 1.78. The zero-order valence-electron chi connectivity index (χ0n) is 12.4. The number of carbonyl (C=O) groups excluding carboxylic acids is 3. The molecule has 1 aromatic rings. The lowest BCUT2D eigenvalue weighted by molar-refractivity contribution is -0.123. The summed E-state index contributed by atoms with van der Waals surface area (Å²) >= 11 is 5.78. The van der Waals surface area contributed by atoms with E-state index >= 15 is 0 Å². The number of imide groups is 1. The Hall–Kier alpha value is -2.28. The quantitative estimate of drug-likeness (QED) is 0.572. The lowest BCUT2D eigenvalue weighted by Crippen LogP contribution is -2.45. The highest BCUT2D eigenvalue weighted by atomic mass is 35.5. The van der Waals surface area contributed by atoms with Crippen molar-refractivity contribution < 1.29 is 19.1 Å². The van der Waals surface area contributed by atoms with E-state index in [1.165, 1.54) is 18.2 Å². The van der Waals surface area contributed by atoms with Gasteiger partial charge in [0.1, 0.15) is 0 Å². The molecule has 3 amide bonds. The van der Waals surface area contributed by atoms with E-state index in [9.17, 15) is 14.4 Å². The maximum absolute atomic E-state index is 11.8. The second-order valence-corrected chi connectivity index (χ2v) is 5.75. The zero-order chi connectivity index (χ0) is 16.8. The number of hydrogen-bond donors (Lipinski definition) is 3. The Morgan fingerprint density at radius 3 is 2.65 bits per heavy atom. The molecular weight excluding hydrogens is 322 g/mol. The van der Waals surface area contributed by atoms with E-state index in [1.807, 2.05) is 0 Å². The molecule has 0 heterocycles. The maximum atomic E-state index is 11.8. The minimum atomic E-state index is -0.781. The fourth-order valence-electron chi connectivity index (χ4n) is 2.37. The fourth-order valence-corrected chi connectivity index (χ4v) is 2.54. The molecule has 1 aliphatic carbocycles. The van der Waals surface area contributed by atoms with Crippen molar-refractivity contribution in [2.45, 2.75) is 31.7 Å². The Morgan fingerprint density at radius 2 is 1.96 bits per heavy atom. The Bertz CT molecular complexity index is 615. The molecule has 8 heteroatoms. The number of halogens is 1. The molecule has 124 valence electrons. The van der Waals surface area contributed by atoms with Crippen LogP contribution in [-0.2, 0) is 9.53 Å². The molecule has 0 aromatic heterocycles. The number of hydrogen-bond acceptors (Lipinski definition) is 5. The second kappa shape index (κ2) is 7.82. The Morgan fingerprint density at radius 1 is 1.26 bits per heavy atom. The Labute approximate surface area is 138 Å². The van der Waals surface area contributed by atoms with Gasteiger partial charge in [0.05, 0.1) is 5.56 Å². The number of carbonyl (C=O) groups is 3. The van der Waals surface area contributed by atoms with Gasteiger partial charge < -0.3 is 15.8 Å². The summed E-state index contributed by atoms with van der Waals surface area (Å²) in [4.78, 5) is 35.1. The molecule has 0 bridgehead atoms. The van der Waals surface area contributed by atoms with Gasteiger partial charge in [-0.05, 0) is 31.0 Å². The Kier molecular flexibility index (Phi) is 5.81. The van der Waals surface area contributed by atoms with Gasteiger partial charge >= 0.3 is 12.0 Å². The van der Waals surface area contributed by atoms with Gasteiger partial charge in [-0.3, -0.25) is 10.1 Å². The number of nitrogen functional groups attached to an aromatic ring is 1. The van der Waals surface area contributed by atoms with Crippen LogP contribution in [-0.4, -0.2) is 30.6 Å². The van der Waals surface area contributed by atoms with Crippen LogP contribution < -0.4 is 16.4 Å². The van der Waals surface area contributed by atoms with Crippen molar-refractivity contribution in [2.75, 3.05) is 12.3 Å². The first kappa shape index (κ1) is 17.1. The van der Waals surface area contributed by atoms with Crippen LogP contribution in [0.1, 0.15) is 36.0 Å². The molecule has 1 aliphatic rings. The van der Waals surface area contributed by atoms with E-state index in [2.05, 4.69) is 10.6 Å². The predicted molar refractivity (Wildman–Crippen MR) is 85.1 cm³/mol. The highest BCUT2D eigenvalue weighted by Crippen LogP contribution is 2.19. The summed E-state index contributed by atoms with van der Waals surface area (Å²) in [6.45, 7) is -0.580. The molecule has 4 N–H and O–H groups in total. The third-order valence-electron chi connectivity index (χ3n) is 3.51. The highest BCUT2D eigenvalue weighted by Gasteiger charge is 2.19. The molecule has 1 saturated carbocycles. The molecule has 1 aromatic carbocycles. The van der Waals surface area contributed by atoms with Crippen molar-refractivity contribution in [1.82, 2.24) is 10.6 Å². The van der Waals surface area contributed by atoms with Gasteiger partial charge in [0.15, 0.2) is 6.61 Å². The number of rotatable bonds is 4. The number of nitrogens with one attached hydrogen (secondary N) is 2. The lowest BCUT2D eigenvalue weighted by Gasteiger charge is -2.12. The number of anilines is 1. The zero-order valence-corrected chi connectivity index (χ0v) is 13.2. The minimum absolute atomic E-state index is 0.0701. The molecule has 1 fully saturated rings. The number of nitrogens with two attached hydrogens (primary N) is 1. The van der Waals surface area contributed by atoms with Gasteiger partial charge in [0.2, 0.25) is 0 Å². The van der Waals surface area contributed by atoms with Gasteiger partial charge in [-0.25, -0.2) is 9.59 Å². The van der Waals surface area contributed by atoms with Gasteiger partial charge in [0, 0.05) is 16.8 Å². The number of ether oxygens (including phenoxy) is 1. The van der Waals surface area contributed by atoms with E-state index in [0.29, 0.717) is 5.02 Å². The number of esters is 1. The van der Waals surface area contributed by atoms with Crippen molar-refractivity contribution in [2.24, 2.45) is 0 Å². The summed E-state index contributed by atoms with van der Waals surface area (Å²) in [5, 5.41) is 5.14. The molecule has 0 spiro atoms. The molecule has 7 nitrogen and oxygen atoms in total. The third-order valence-corrected chi connectivity index (χ3v) is 3.75. The molecule has 0 aliphatic heterocycles. The first-order chi connectivity index (χ1) is 11.0. The van der Waals surface area contributed by atoms with E-state index in [0.717, 1.165) is 25.7 Å². The predicted octanol–water partition coefficient (Wildman–Crippen LogP) is 1.85. The molecule has 0 unspecified atom stereocenters. The molecule has 0 radical (unpaired) electrons. The standard InChI is InChI=1S/C15H18ClN3O4/c16-9-5-6-12(17)11(7-9)14(21)23-8-13(20)19-15(22)18-10-3-1-2-4-10/h5-7,10H,1-4,8,17H2,(H2,18,19,20,22). The first-order valence-corrected chi connectivity index (χ1v) is 7.66. The van der Waals surface area contributed by atoms with Gasteiger partial charge in [-0.1, -0.05) is 24.4 Å². The average Bonchev–Trinajstić information content (AvgIpc) is 3.00. The van der Waals surface area contributed by atoms with Crippen LogP contribution in [0.25, 0.3) is 0 Å². The van der Waals surface area contributed by atoms with Gasteiger partial charge in [0.25, 0.3) is 5.91 Å². The molecule has 2 rings (SSSR count). The van der Waals surface area contributed by atoms with Crippen LogP contribution in [0.15, 0.2) is 18.2 Å². The smallest absolute Gasteiger partial charge is 0.340 e. The van der Waals surface area contributed by atoms with Crippen molar-refractivity contribution in [1.29, 1.82) is 0 Å². The van der Waals surface area contributed by atoms with Crippen molar-refractivity contribution in [3.8, 4) is 0 Å². The number of benzene rings is 1. The minimum Gasteiger partial charge on any atom is -0.452 e. The lowest BCUT2D eigenvalue weighted by atomic mass is 10.2. The van der Waals surface area contributed by atoms with E-state index in [4.69, 9.17) is 22.1 Å². The SMILES string of the molecule is Nc1ccc(Cl)cc1C(=O)OCC(=O)NC(=O)NC1CCCC1. The van der Waals surface area contributed by atoms with Crippen molar-refractivity contribution in [3.05, 3.63) is 28.8 Å². The van der Waals surface area contributed by atoms with Crippen LogP contribution in [0.2, 0.25) is 5.02 Å². The van der Waals surface area contributed by atoms with Crippen LogP contribution in [0, 0.1) is 0 Å². The second-order valence-electron chi connectivity index (χ2n) is 5.31. The number of urea groups is 1. The monoisotopic (exact) mass is 339 g/mol. The van der Waals surface area contributed by atoms with Crippen LogP contribution in [0.4, 0.5) is 10.5 Å². The number of amides is 3. The fraction of sp³-hybridized carbons (Fsp3) is 0.400. The first-order valence-electron chi connectivity index (χ1n) is 7.28. The molecular formula is C15H18ClN3O4. The largest absolute Gasteiger partial charge is 0.452 e. The third kappa shape index (κ3) is 5.14. The normalized spacial score (nSPS) is 14.3. The summed E-state index contributed by atoms with van der Waals surface area (Å²) in [7, 11) is 0. The van der Waals surface area contributed by atoms with E-state index in [1.54, 1.807) is 0 Å². The molecule has 0 saturated heterocycles. The van der Waals surface area contributed by atoms with Crippen LogP contribution >= 0.6 is 11.6 Å². The van der Waals surface area contributed by atoms with E-state index in [-0.39, 0.29) is 17.3 Å². The summed E-state index contributed by atoms with van der Waals surface area (Å²) in [5.41, 5.74) is 5.91. The van der Waals surface area contributed by atoms with Crippen molar-refractivity contribution in [3.63, 3.8) is 0 Å². The average molecular weight is 340 g/mol. The summed E-state index contributed by atoms with van der Waals surface area (Å²) < 4.78 is 4.83. The summed E-state index contributed by atoms with van der Waals surface area (Å²) in [6, 6.07) is 3.86. The molecule has 23 heavy (non-hydrogen) atoms. The topological polar surface area (TPSA) is 111 Å². The van der Waals surface area contributed by atoms with E-state index < -0.39 is 24.5 Å². The maximum Gasteiger partial charge on any atom is 0.340 e. The summed E-state index contributed by atoms with van der Waals surface area (Å²) in [5.74, 6) is -1.49. The summed E-state index contributed by atoms with van der Waals surface area (Å²) in [6.07, 6.45) is 3.95. The highest BCUT2D eigenvalue weighted by molar-refractivity contribution is 6.31. The van der Waals surface area contributed by atoms with Gasteiger partial charge in [-0.15, -0.1) is 0 Å². The van der Waals surface area contributed by atoms with Crippen LogP contribution in [0.5, 0.6) is 0 Å².